The van der Waals surface area contributed by atoms with E-state index in [1.807, 2.05) is 36.4 Å². The number of benzene rings is 2. The molecule has 3 aromatic rings. The first-order chi connectivity index (χ1) is 10.3. The summed E-state index contributed by atoms with van der Waals surface area (Å²) in [6, 6.07) is 16.1. The van der Waals surface area contributed by atoms with Crippen molar-refractivity contribution >= 4 is 16.7 Å². The number of aliphatic hydroxyl groups excluding tert-OH is 1. The fraction of sp³-hybridized carbons (Fsp3) is 0.235. The van der Waals surface area contributed by atoms with E-state index in [1.54, 1.807) is 0 Å². The van der Waals surface area contributed by atoms with Gasteiger partial charge in [0.2, 0.25) is 0 Å². The Hall–Kier alpha value is -2.33. The number of aryl methyl sites for hydroxylation is 1. The lowest BCUT2D eigenvalue weighted by Gasteiger charge is -2.09. The fourth-order valence-corrected chi connectivity index (χ4v) is 2.57. The molecule has 0 amide bonds. The standard InChI is InChI=1S/C17H19N3O/c18-14-8-9-16-15(11-14)19-17(7-4-10-21)20(16)12-13-5-2-1-3-6-13/h1-3,5-6,8-9,11,21H,4,7,10,12,18H2. The highest BCUT2D eigenvalue weighted by atomic mass is 16.2. The van der Waals surface area contributed by atoms with Crippen molar-refractivity contribution in [3.8, 4) is 0 Å². The van der Waals surface area contributed by atoms with Gasteiger partial charge in [-0.05, 0) is 30.2 Å². The third-order valence-electron chi connectivity index (χ3n) is 3.59. The van der Waals surface area contributed by atoms with Crippen LogP contribution in [0.3, 0.4) is 0 Å². The summed E-state index contributed by atoms with van der Waals surface area (Å²) in [6.07, 6.45) is 1.48. The van der Waals surface area contributed by atoms with Gasteiger partial charge in [-0.2, -0.15) is 0 Å². The van der Waals surface area contributed by atoms with Crippen LogP contribution in [-0.4, -0.2) is 21.3 Å². The van der Waals surface area contributed by atoms with E-state index < -0.39 is 0 Å². The maximum atomic E-state index is 9.07. The van der Waals surface area contributed by atoms with E-state index in [2.05, 4.69) is 21.7 Å². The molecular formula is C17H19N3O. The normalized spacial score (nSPS) is 11.1. The summed E-state index contributed by atoms with van der Waals surface area (Å²) in [7, 11) is 0. The van der Waals surface area contributed by atoms with Gasteiger partial charge in [-0.25, -0.2) is 4.98 Å². The highest BCUT2D eigenvalue weighted by Crippen LogP contribution is 2.21. The molecule has 3 N–H and O–H groups in total. The largest absolute Gasteiger partial charge is 0.399 e. The SMILES string of the molecule is Nc1ccc2c(c1)nc(CCCO)n2Cc1ccccc1. The Labute approximate surface area is 123 Å². The number of hydrogen-bond acceptors (Lipinski definition) is 3. The van der Waals surface area contributed by atoms with Crippen LogP contribution in [0.25, 0.3) is 11.0 Å². The number of anilines is 1. The van der Waals surface area contributed by atoms with E-state index in [-0.39, 0.29) is 6.61 Å². The van der Waals surface area contributed by atoms with E-state index in [4.69, 9.17) is 10.8 Å². The molecule has 3 rings (SSSR count). The topological polar surface area (TPSA) is 64.1 Å². The van der Waals surface area contributed by atoms with Gasteiger partial charge in [0.15, 0.2) is 0 Å². The molecule has 0 aliphatic heterocycles. The van der Waals surface area contributed by atoms with E-state index in [1.165, 1.54) is 5.56 Å². The van der Waals surface area contributed by atoms with E-state index in [0.29, 0.717) is 6.42 Å². The molecule has 0 saturated carbocycles. The number of nitrogens with two attached hydrogens (primary N) is 1. The van der Waals surface area contributed by atoms with Gasteiger partial charge in [-0.1, -0.05) is 30.3 Å². The number of nitrogens with zero attached hydrogens (tertiary/aromatic N) is 2. The van der Waals surface area contributed by atoms with E-state index in [0.717, 1.165) is 35.5 Å². The number of hydrogen-bond donors (Lipinski definition) is 2. The first-order valence-corrected chi connectivity index (χ1v) is 7.17. The van der Waals surface area contributed by atoms with Crippen LogP contribution in [0.5, 0.6) is 0 Å². The fourth-order valence-electron chi connectivity index (χ4n) is 2.57. The van der Waals surface area contributed by atoms with Crippen LogP contribution in [0.15, 0.2) is 48.5 Å². The van der Waals surface area contributed by atoms with Crippen LogP contribution >= 0.6 is 0 Å². The van der Waals surface area contributed by atoms with Crippen molar-refractivity contribution in [2.24, 2.45) is 0 Å². The number of fused-ring (bicyclic) bond motifs is 1. The van der Waals surface area contributed by atoms with Crippen molar-refractivity contribution in [3.05, 3.63) is 59.9 Å². The second-order valence-corrected chi connectivity index (χ2v) is 5.18. The molecule has 0 unspecified atom stereocenters. The van der Waals surface area contributed by atoms with Crippen molar-refractivity contribution in [2.45, 2.75) is 19.4 Å². The molecule has 0 bridgehead atoms. The minimum atomic E-state index is 0.177. The van der Waals surface area contributed by atoms with Gasteiger partial charge < -0.3 is 15.4 Å². The van der Waals surface area contributed by atoms with Crippen LogP contribution in [0.4, 0.5) is 5.69 Å². The molecule has 4 nitrogen and oxygen atoms in total. The smallest absolute Gasteiger partial charge is 0.110 e. The molecule has 21 heavy (non-hydrogen) atoms. The first-order valence-electron chi connectivity index (χ1n) is 7.17. The van der Waals surface area contributed by atoms with Crippen molar-refractivity contribution in [1.29, 1.82) is 0 Å². The minimum absolute atomic E-state index is 0.177. The maximum absolute atomic E-state index is 9.07. The second-order valence-electron chi connectivity index (χ2n) is 5.18. The zero-order valence-corrected chi connectivity index (χ0v) is 11.9. The summed E-state index contributed by atoms with van der Waals surface area (Å²) < 4.78 is 2.21. The van der Waals surface area contributed by atoms with Crippen molar-refractivity contribution in [1.82, 2.24) is 9.55 Å². The number of aliphatic hydroxyl groups is 1. The van der Waals surface area contributed by atoms with Crippen LogP contribution < -0.4 is 5.73 Å². The van der Waals surface area contributed by atoms with E-state index in [9.17, 15) is 0 Å². The summed E-state index contributed by atoms with van der Waals surface area (Å²) in [5.41, 5.74) is 9.80. The lowest BCUT2D eigenvalue weighted by Crippen LogP contribution is -2.06. The quantitative estimate of drug-likeness (QED) is 0.707. The Morgan fingerprint density at radius 1 is 1.10 bits per heavy atom. The highest BCUT2D eigenvalue weighted by molar-refractivity contribution is 5.79. The number of nitrogen functional groups attached to an aromatic ring is 1. The Morgan fingerprint density at radius 3 is 2.67 bits per heavy atom. The van der Waals surface area contributed by atoms with Crippen LogP contribution in [0, 0.1) is 0 Å². The lowest BCUT2D eigenvalue weighted by atomic mass is 10.2. The molecule has 0 radical (unpaired) electrons. The summed E-state index contributed by atoms with van der Waals surface area (Å²) >= 11 is 0. The Balaban J connectivity index is 2.04. The number of rotatable bonds is 5. The summed E-state index contributed by atoms with van der Waals surface area (Å²) in [5, 5.41) is 9.07. The maximum Gasteiger partial charge on any atom is 0.110 e. The molecule has 1 heterocycles. The van der Waals surface area contributed by atoms with Crippen molar-refractivity contribution < 1.29 is 5.11 Å². The molecule has 0 saturated heterocycles. The van der Waals surface area contributed by atoms with Crippen LogP contribution in [-0.2, 0) is 13.0 Å². The monoisotopic (exact) mass is 281 g/mol. The molecule has 0 fully saturated rings. The summed E-state index contributed by atoms with van der Waals surface area (Å²) in [6.45, 7) is 0.957. The van der Waals surface area contributed by atoms with Crippen molar-refractivity contribution in [3.63, 3.8) is 0 Å². The third-order valence-corrected chi connectivity index (χ3v) is 3.59. The average molecular weight is 281 g/mol. The molecule has 0 atom stereocenters. The molecule has 108 valence electrons. The Morgan fingerprint density at radius 2 is 1.90 bits per heavy atom. The molecule has 2 aromatic carbocycles. The number of imidazole rings is 1. The zero-order chi connectivity index (χ0) is 14.7. The van der Waals surface area contributed by atoms with Gasteiger partial charge >= 0.3 is 0 Å². The predicted octanol–water partition coefficient (Wildman–Crippen LogP) is 2.59. The first kappa shape index (κ1) is 13.6. The zero-order valence-electron chi connectivity index (χ0n) is 11.9. The highest BCUT2D eigenvalue weighted by Gasteiger charge is 2.11. The number of aromatic nitrogens is 2. The summed E-state index contributed by atoms with van der Waals surface area (Å²) in [4.78, 5) is 4.68. The van der Waals surface area contributed by atoms with Gasteiger partial charge in [0.25, 0.3) is 0 Å². The van der Waals surface area contributed by atoms with E-state index >= 15 is 0 Å². The second kappa shape index (κ2) is 5.97. The molecular weight excluding hydrogens is 262 g/mol. The van der Waals surface area contributed by atoms with Gasteiger partial charge in [0.1, 0.15) is 5.82 Å². The summed E-state index contributed by atoms with van der Waals surface area (Å²) in [5.74, 6) is 0.994. The van der Waals surface area contributed by atoms with Gasteiger partial charge in [-0.15, -0.1) is 0 Å². The molecule has 0 spiro atoms. The molecule has 0 aliphatic rings. The van der Waals surface area contributed by atoms with Gasteiger partial charge in [-0.3, -0.25) is 0 Å². The Kier molecular flexibility index (Phi) is 3.88. The van der Waals surface area contributed by atoms with Crippen LogP contribution in [0.1, 0.15) is 17.8 Å². The lowest BCUT2D eigenvalue weighted by molar-refractivity contribution is 0.287. The predicted molar refractivity (Wildman–Crippen MR) is 85.1 cm³/mol. The minimum Gasteiger partial charge on any atom is -0.399 e. The van der Waals surface area contributed by atoms with Gasteiger partial charge in [0, 0.05) is 25.3 Å². The van der Waals surface area contributed by atoms with Gasteiger partial charge in [0.05, 0.1) is 11.0 Å². The Bertz CT molecular complexity index is 734. The molecule has 0 aliphatic carbocycles. The average Bonchev–Trinajstić information content (AvgIpc) is 2.83. The third kappa shape index (κ3) is 2.90. The molecule has 1 aromatic heterocycles. The molecule has 4 heteroatoms. The van der Waals surface area contributed by atoms with Crippen LogP contribution in [0.2, 0.25) is 0 Å². The van der Waals surface area contributed by atoms with Crippen molar-refractivity contribution in [2.75, 3.05) is 12.3 Å².